The monoisotopic (exact) mass is 328 g/mol. The summed E-state index contributed by atoms with van der Waals surface area (Å²) in [5, 5.41) is 11.4. The highest BCUT2D eigenvalue weighted by molar-refractivity contribution is 6.24. The molecule has 0 unspecified atom stereocenters. The molecule has 3 aliphatic rings. The molecule has 0 spiro atoms. The number of carbonyl (C=O) groups is 2. The van der Waals surface area contributed by atoms with Crippen LogP contribution in [-0.4, -0.2) is 28.4 Å². The molecule has 2 amide bonds. The molecule has 0 radical (unpaired) electrons. The molecule has 4 atom stereocenters. The lowest BCUT2D eigenvalue weighted by atomic mass is 9.78. The molecule has 0 N–H and O–H groups in total. The lowest BCUT2D eigenvalue weighted by molar-refractivity contribution is -0.384. The zero-order valence-electron chi connectivity index (χ0n) is 13.5. The molecule has 3 heterocycles. The van der Waals surface area contributed by atoms with E-state index >= 15 is 0 Å². The van der Waals surface area contributed by atoms with Crippen molar-refractivity contribution in [3.63, 3.8) is 0 Å². The van der Waals surface area contributed by atoms with Crippen LogP contribution < -0.4 is 4.90 Å². The lowest BCUT2D eigenvalue weighted by Gasteiger charge is -2.24. The summed E-state index contributed by atoms with van der Waals surface area (Å²) in [5.74, 6) is -2.07. The van der Waals surface area contributed by atoms with Crippen LogP contribution in [0.2, 0.25) is 0 Å². The fraction of sp³-hybridized carbons (Fsp3) is 0.412. The molecule has 2 saturated heterocycles. The van der Waals surface area contributed by atoms with Crippen LogP contribution in [-0.2, 0) is 14.3 Å². The van der Waals surface area contributed by atoms with Gasteiger partial charge in [-0.05, 0) is 38.0 Å². The average molecular weight is 328 g/mol. The molecule has 0 aromatic heterocycles. The standard InChI is InChI=1S/C17H16N2O5/c1-8-6-10(11(19(22)23)7-9(8)2)18-15(20)13-12-4-5-17(3,24-12)14(13)16(18)21/h4-7,12-14H,1-3H3/t12-,13-,14+,17-/m1/s1. The topological polar surface area (TPSA) is 89.8 Å². The van der Waals surface area contributed by atoms with Crippen LogP contribution in [0.4, 0.5) is 11.4 Å². The van der Waals surface area contributed by atoms with Crippen LogP contribution in [0.25, 0.3) is 0 Å². The first-order valence-electron chi connectivity index (χ1n) is 7.75. The van der Waals surface area contributed by atoms with E-state index in [1.165, 1.54) is 6.07 Å². The Kier molecular flexibility index (Phi) is 2.82. The molecule has 3 aliphatic heterocycles. The highest BCUT2D eigenvalue weighted by Gasteiger charge is 2.66. The van der Waals surface area contributed by atoms with Crippen LogP contribution in [0.5, 0.6) is 0 Å². The first kappa shape index (κ1) is 15.0. The molecule has 4 rings (SSSR count). The summed E-state index contributed by atoms with van der Waals surface area (Å²) < 4.78 is 5.76. The van der Waals surface area contributed by atoms with E-state index in [4.69, 9.17) is 4.74 Å². The molecule has 0 aliphatic carbocycles. The van der Waals surface area contributed by atoms with E-state index in [0.717, 1.165) is 16.0 Å². The summed E-state index contributed by atoms with van der Waals surface area (Å²) in [6.07, 6.45) is 3.17. The maximum absolute atomic E-state index is 12.9. The van der Waals surface area contributed by atoms with Gasteiger partial charge in [0.25, 0.3) is 5.69 Å². The van der Waals surface area contributed by atoms with Gasteiger partial charge in [0.1, 0.15) is 5.69 Å². The molecular weight excluding hydrogens is 312 g/mol. The van der Waals surface area contributed by atoms with Gasteiger partial charge in [-0.3, -0.25) is 19.7 Å². The van der Waals surface area contributed by atoms with Gasteiger partial charge in [0.15, 0.2) is 0 Å². The number of nitro groups is 1. The second-order valence-corrected chi connectivity index (χ2v) is 6.82. The highest BCUT2D eigenvalue weighted by Crippen LogP contribution is 2.53. The highest BCUT2D eigenvalue weighted by atomic mass is 16.6. The van der Waals surface area contributed by atoms with Crippen LogP contribution in [0, 0.1) is 35.8 Å². The third-order valence-electron chi connectivity index (χ3n) is 5.36. The number of rotatable bonds is 2. The van der Waals surface area contributed by atoms with Gasteiger partial charge in [-0.2, -0.15) is 0 Å². The maximum Gasteiger partial charge on any atom is 0.293 e. The normalized spacial score (nSPS) is 33.5. The Balaban J connectivity index is 1.85. The zero-order valence-corrected chi connectivity index (χ0v) is 13.5. The first-order valence-corrected chi connectivity index (χ1v) is 7.75. The number of carbonyl (C=O) groups excluding carboxylic acids is 2. The number of nitrogens with zero attached hydrogens (tertiary/aromatic N) is 2. The second kappa shape index (κ2) is 4.51. The molecular formula is C17H16N2O5. The summed E-state index contributed by atoms with van der Waals surface area (Å²) in [6.45, 7) is 5.33. The molecule has 24 heavy (non-hydrogen) atoms. The van der Waals surface area contributed by atoms with Crippen molar-refractivity contribution in [2.45, 2.75) is 32.5 Å². The maximum atomic E-state index is 12.9. The quantitative estimate of drug-likeness (QED) is 0.359. The Morgan fingerprint density at radius 3 is 2.50 bits per heavy atom. The van der Waals surface area contributed by atoms with Gasteiger partial charge >= 0.3 is 0 Å². The Morgan fingerprint density at radius 2 is 1.88 bits per heavy atom. The van der Waals surface area contributed by atoms with E-state index in [2.05, 4.69) is 0 Å². The minimum Gasteiger partial charge on any atom is -0.362 e. The third kappa shape index (κ3) is 1.70. The van der Waals surface area contributed by atoms with E-state index in [1.54, 1.807) is 32.9 Å². The van der Waals surface area contributed by atoms with E-state index in [1.807, 2.05) is 6.08 Å². The summed E-state index contributed by atoms with van der Waals surface area (Å²) in [5.41, 5.74) is 0.533. The van der Waals surface area contributed by atoms with Crippen molar-refractivity contribution in [2.75, 3.05) is 4.90 Å². The van der Waals surface area contributed by atoms with Gasteiger partial charge in [-0.15, -0.1) is 0 Å². The molecule has 2 bridgehead atoms. The SMILES string of the molecule is Cc1cc(N2C(=O)[C@H]3[C@@H](C2=O)[C@@]2(C)C=C[C@H]3O2)c([N+](=O)[O-])cc1C. The zero-order chi connectivity index (χ0) is 17.4. The van der Waals surface area contributed by atoms with Crippen molar-refractivity contribution in [3.8, 4) is 0 Å². The minimum absolute atomic E-state index is 0.0514. The first-order chi connectivity index (χ1) is 11.2. The van der Waals surface area contributed by atoms with E-state index < -0.39 is 40.3 Å². The average Bonchev–Trinajstić information content (AvgIpc) is 3.11. The van der Waals surface area contributed by atoms with Crippen molar-refractivity contribution in [1.29, 1.82) is 0 Å². The van der Waals surface area contributed by atoms with Gasteiger partial charge < -0.3 is 4.74 Å². The number of nitro benzene ring substituents is 1. The van der Waals surface area contributed by atoms with Crippen molar-refractivity contribution < 1.29 is 19.2 Å². The van der Waals surface area contributed by atoms with Crippen molar-refractivity contribution in [2.24, 2.45) is 11.8 Å². The number of benzene rings is 1. The van der Waals surface area contributed by atoms with Gasteiger partial charge in [0.2, 0.25) is 11.8 Å². The summed E-state index contributed by atoms with van der Waals surface area (Å²) in [4.78, 5) is 37.7. The molecule has 7 nitrogen and oxygen atoms in total. The molecule has 7 heteroatoms. The Morgan fingerprint density at radius 1 is 1.21 bits per heavy atom. The third-order valence-corrected chi connectivity index (χ3v) is 5.36. The Labute approximate surface area is 138 Å². The number of hydrogen-bond acceptors (Lipinski definition) is 5. The van der Waals surface area contributed by atoms with E-state index in [9.17, 15) is 19.7 Å². The number of fused-ring (bicyclic) bond motifs is 5. The molecule has 124 valence electrons. The van der Waals surface area contributed by atoms with E-state index in [0.29, 0.717) is 0 Å². The van der Waals surface area contributed by atoms with Crippen molar-refractivity contribution >= 4 is 23.2 Å². The largest absolute Gasteiger partial charge is 0.362 e. The summed E-state index contributed by atoms with van der Waals surface area (Å²) >= 11 is 0. The predicted octanol–water partition coefficient (Wildman–Crippen LogP) is 2.04. The fourth-order valence-electron chi connectivity index (χ4n) is 4.00. The Bertz CT molecular complexity index is 846. The van der Waals surface area contributed by atoms with Gasteiger partial charge in [-0.25, -0.2) is 4.90 Å². The number of anilines is 1. The lowest BCUT2D eigenvalue weighted by Crippen LogP contribution is -2.38. The van der Waals surface area contributed by atoms with Gasteiger partial charge in [0.05, 0.1) is 28.5 Å². The molecule has 1 aromatic rings. The predicted molar refractivity (Wildman–Crippen MR) is 84.5 cm³/mol. The smallest absolute Gasteiger partial charge is 0.293 e. The van der Waals surface area contributed by atoms with Crippen LogP contribution in [0.3, 0.4) is 0 Å². The van der Waals surface area contributed by atoms with Crippen LogP contribution >= 0.6 is 0 Å². The summed E-state index contributed by atoms with van der Waals surface area (Å²) in [6, 6.07) is 2.95. The molecule has 2 fully saturated rings. The number of hydrogen-bond donors (Lipinski definition) is 0. The Hall–Kier alpha value is -2.54. The summed E-state index contributed by atoms with van der Waals surface area (Å²) in [7, 11) is 0. The fourth-order valence-corrected chi connectivity index (χ4v) is 4.00. The van der Waals surface area contributed by atoms with E-state index in [-0.39, 0.29) is 11.4 Å². The number of imide groups is 1. The number of aryl methyl sites for hydroxylation is 2. The van der Waals surface area contributed by atoms with Gasteiger partial charge in [0, 0.05) is 6.07 Å². The minimum atomic E-state index is -0.814. The van der Waals surface area contributed by atoms with Crippen molar-refractivity contribution in [3.05, 3.63) is 45.5 Å². The number of ether oxygens (including phenoxy) is 1. The second-order valence-electron chi connectivity index (χ2n) is 6.82. The van der Waals surface area contributed by atoms with Crippen molar-refractivity contribution in [1.82, 2.24) is 0 Å². The molecule has 0 saturated carbocycles. The van der Waals surface area contributed by atoms with Crippen LogP contribution in [0.1, 0.15) is 18.1 Å². The number of amides is 2. The van der Waals surface area contributed by atoms with Crippen LogP contribution in [0.15, 0.2) is 24.3 Å². The molecule has 1 aromatic carbocycles. The van der Waals surface area contributed by atoms with Gasteiger partial charge in [-0.1, -0.05) is 12.2 Å².